The quantitative estimate of drug-likeness (QED) is 0.836. The molecular weight excluding hydrogens is 236 g/mol. The largest absolute Gasteiger partial charge is 0.481 e. The van der Waals surface area contributed by atoms with Crippen molar-refractivity contribution >= 4 is 5.97 Å². The van der Waals surface area contributed by atoms with Crippen molar-refractivity contribution in [2.75, 3.05) is 6.61 Å². The molecular formula is C11H18N4O3. The molecule has 100 valence electrons. The second-order valence-corrected chi connectivity index (χ2v) is 4.94. The number of aromatic nitrogens is 4. The summed E-state index contributed by atoms with van der Waals surface area (Å²) in [5, 5.41) is 20.5. The fraction of sp³-hybridized carbons (Fsp3) is 0.818. The topological polar surface area (TPSA) is 90.1 Å². The Hall–Kier alpha value is -1.50. The maximum atomic E-state index is 10.8. The summed E-state index contributed by atoms with van der Waals surface area (Å²) in [4.78, 5) is 10.8. The van der Waals surface area contributed by atoms with Gasteiger partial charge in [-0.05, 0) is 36.6 Å². The number of aryl methyl sites for hydroxylation is 1. The molecule has 1 fully saturated rings. The lowest BCUT2D eigenvalue weighted by Gasteiger charge is -2.21. The predicted molar refractivity (Wildman–Crippen MR) is 61.8 cm³/mol. The van der Waals surface area contributed by atoms with Crippen LogP contribution in [0, 0.1) is 5.92 Å². The van der Waals surface area contributed by atoms with Crippen LogP contribution in [0.1, 0.15) is 38.9 Å². The first-order chi connectivity index (χ1) is 8.53. The minimum absolute atomic E-state index is 0.403. The van der Waals surface area contributed by atoms with Gasteiger partial charge in [0.2, 0.25) is 0 Å². The summed E-state index contributed by atoms with van der Waals surface area (Å²) in [6, 6.07) is 0. The minimum atomic E-state index is -0.798. The molecule has 1 aliphatic rings. The van der Waals surface area contributed by atoms with E-state index in [0.29, 0.717) is 18.8 Å². The van der Waals surface area contributed by atoms with Crippen LogP contribution in [0.25, 0.3) is 0 Å². The molecule has 0 saturated carbocycles. The van der Waals surface area contributed by atoms with E-state index in [2.05, 4.69) is 15.5 Å². The minimum Gasteiger partial charge on any atom is -0.481 e. The van der Waals surface area contributed by atoms with Crippen molar-refractivity contribution in [3.05, 3.63) is 5.82 Å². The highest BCUT2D eigenvalue weighted by Crippen LogP contribution is 2.33. The Morgan fingerprint density at radius 1 is 1.67 bits per heavy atom. The summed E-state index contributed by atoms with van der Waals surface area (Å²) >= 11 is 0. The lowest BCUT2D eigenvalue weighted by molar-refractivity contribution is -0.141. The van der Waals surface area contributed by atoms with Crippen LogP contribution in [0.3, 0.4) is 0 Å². The number of rotatable bonds is 5. The summed E-state index contributed by atoms with van der Waals surface area (Å²) in [6.07, 6.45) is 2.39. The zero-order valence-corrected chi connectivity index (χ0v) is 10.7. The lowest BCUT2D eigenvalue weighted by atomic mass is 10.0. The molecule has 0 aromatic carbocycles. The maximum absolute atomic E-state index is 10.8. The number of tetrazole rings is 1. The number of carboxylic acids is 1. The number of ether oxygens (including phenoxy) is 1. The van der Waals surface area contributed by atoms with E-state index in [1.807, 2.05) is 6.92 Å². The molecule has 0 radical (unpaired) electrons. The smallest absolute Gasteiger partial charge is 0.306 e. The summed E-state index contributed by atoms with van der Waals surface area (Å²) in [5.41, 5.74) is -0.435. The van der Waals surface area contributed by atoms with Gasteiger partial charge in [0.25, 0.3) is 0 Å². The first-order valence-electron chi connectivity index (χ1n) is 6.16. The first kappa shape index (κ1) is 12.9. The SMILES string of the molecule is CC(CCn1nnnc1C1(C)CCCO1)C(=O)O. The van der Waals surface area contributed by atoms with Crippen LogP contribution in [0.15, 0.2) is 0 Å². The van der Waals surface area contributed by atoms with Crippen molar-refractivity contribution in [1.29, 1.82) is 0 Å². The van der Waals surface area contributed by atoms with Gasteiger partial charge in [0, 0.05) is 13.2 Å². The Balaban J connectivity index is 2.06. The van der Waals surface area contributed by atoms with Gasteiger partial charge in [-0.2, -0.15) is 0 Å². The molecule has 1 aliphatic heterocycles. The molecule has 2 unspecified atom stereocenters. The van der Waals surface area contributed by atoms with Crippen LogP contribution in [0.4, 0.5) is 0 Å². The van der Waals surface area contributed by atoms with E-state index in [4.69, 9.17) is 9.84 Å². The van der Waals surface area contributed by atoms with Gasteiger partial charge in [0.1, 0.15) is 5.60 Å². The summed E-state index contributed by atoms with van der Waals surface area (Å²) < 4.78 is 7.36. The summed E-state index contributed by atoms with van der Waals surface area (Å²) in [5.74, 6) is -0.509. The van der Waals surface area contributed by atoms with Gasteiger partial charge in [0.15, 0.2) is 5.82 Å². The highest BCUT2D eigenvalue weighted by Gasteiger charge is 2.37. The van der Waals surface area contributed by atoms with Gasteiger partial charge in [-0.25, -0.2) is 4.68 Å². The highest BCUT2D eigenvalue weighted by atomic mass is 16.5. The first-order valence-corrected chi connectivity index (χ1v) is 6.16. The molecule has 0 amide bonds. The van der Waals surface area contributed by atoms with Crippen molar-refractivity contribution in [2.24, 2.45) is 5.92 Å². The highest BCUT2D eigenvalue weighted by molar-refractivity contribution is 5.69. The third-order valence-corrected chi connectivity index (χ3v) is 3.42. The van der Waals surface area contributed by atoms with Crippen molar-refractivity contribution in [1.82, 2.24) is 20.2 Å². The van der Waals surface area contributed by atoms with E-state index in [9.17, 15) is 4.79 Å². The van der Waals surface area contributed by atoms with Crippen LogP contribution < -0.4 is 0 Å². The molecule has 7 heteroatoms. The van der Waals surface area contributed by atoms with Crippen LogP contribution in [0.5, 0.6) is 0 Å². The Bertz CT molecular complexity index is 426. The third kappa shape index (κ3) is 2.50. The molecule has 2 rings (SSSR count). The van der Waals surface area contributed by atoms with Crippen LogP contribution >= 0.6 is 0 Å². The summed E-state index contributed by atoms with van der Waals surface area (Å²) in [6.45, 7) is 4.87. The molecule has 1 aromatic rings. The zero-order valence-electron chi connectivity index (χ0n) is 10.7. The van der Waals surface area contributed by atoms with Gasteiger partial charge in [-0.3, -0.25) is 4.79 Å². The second-order valence-electron chi connectivity index (χ2n) is 4.94. The van der Waals surface area contributed by atoms with E-state index < -0.39 is 17.5 Å². The summed E-state index contributed by atoms with van der Waals surface area (Å²) in [7, 11) is 0. The Kier molecular flexibility index (Phi) is 3.60. The van der Waals surface area contributed by atoms with Crippen molar-refractivity contribution < 1.29 is 14.6 Å². The van der Waals surface area contributed by atoms with E-state index in [1.54, 1.807) is 11.6 Å². The third-order valence-electron chi connectivity index (χ3n) is 3.42. The number of carbonyl (C=O) groups is 1. The Labute approximate surface area is 105 Å². The molecule has 2 heterocycles. The average molecular weight is 254 g/mol. The van der Waals surface area contributed by atoms with Gasteiger partial charge in [-0.1, -0.05) is 6.92 Å². The Morgan fingerprint density at radius 2 is 2.44 bits per heavy atom. The molecule has 1 N–H and O–H groups in total. The average Bonchev–Trinajstić information content (AvgIpc) is 2.94. The second kappa shape index (κ2) is 5.01. The van der Waals surface area contributed by atoms with Crippen molar-refractivity contribution in [3.63, 3.8) is 0 Å². The molecule has 7 nitrogen and oxygen atoms in total. The standard InChI is InChI=1S/C11H18N4O3/c1-8(9(16)17)4-6-15-10(12-13-14-15)11(2)5-3-7-18-11/h8H,3-7H2,1-2H3,(H,16,17). The number of hydrogen-bond donors (Lipinski definition) is 1. The van der Waals surface area contributed by atoms with E-state index >= 15 is 0 Å². The molecule has 1 aromatic heterocycles. The number of nitrogens with zero attached hydrogens (tertiary/aromatic N) is 4. The fourth-order valence-electron chi connectivity index (χ4n) is 2.13. The van der Waals surface area contributed by atoms with Gasteiger partial charge < -0.3 is 9.84 Å². The van der Waals surface area contributed by atoms with Crippen molar-refractivity contribution in [2.45, 2.75) is 45.3 Å². The molecule has 2 atom stereocenters. The van der Waals surface area contributed by atoms with Crippen LogP contribution in [0.2, 0.25) is 0 Å². The van der Waals surface area contributed by atoms with Gasteiger partial charge in [-0.15, -0.1) is 5.10 Å². The fourth-order valence-corrected chi connectivity index (χ4v) is 2.13. The van der Waals surface area contributed by atoms with Gasteiger partial charge in [0.05, 0.1) is 5.92 Å². The molecule has 0 bridgehead atoms. The van der Waals surface area contributed by atoms with E-state index in [-0.39, 0.29) is 0 Å². The maximum Gasteiger partial charge on any atom is 0.306 e. The van der Waals surface area contributed by atoms with Crippen molar-refractivity contribution in [3.8, 4) is 0 Å². The molecule has 18 heavy (non-hydrogen) atoms. The number of hydrogen-bond acceptors (Lipinski definition) is 5. The van der Waals surface area contributed by atoms with E-state index in [0.717, 1.165) is 19.4 Å². The van der Waals surface area contributed by atoms with E-state index in [1.165, 1.54) is 0 Å². The van der Waals surface area contributed by atoms with Gasteiger partial charge >= 0.3 is 5.97 Å². The normalized spacial score (nSPS) is 25.2. The Morgan fingerprint density at radius 3 is 3.06 bits per heavy atom. The van der Waals surface area contributed by atoms with Crippen LogP contribution in [-0.2, 0) is 21.7 Å². The van der Waals surface area contributed by atoms with Crippen LogP contribution in [-0.4, -0.2) is 37.9 Å². The number of carboxylic acid groups (broad SMARTS) is 1. The molecule has 0 spiro atoms. The molecule has 1 saturated heterocycles. The monoisotopic (exact) mass is 254 g/mol. The predicted octanol–water partition coefficient (Wildman–Crippen LogP) is 0.810. The zero-order chi connectivity index (χ0) is 13.2. The molecule has 0 aliphatic carbocycles. The number of aliphatic carboxylic acids is 1. The lowest BCUT2D eigenvalue weighted by Crippen LogP contribution is -2.26.